The second-order valence-electron chi connectivity index (χ2n) is 4.63. The van der Waals surface area contributed by atoms with Crippen LogP contribution >= 0.6 is 0 Å². The number of hydrogen-bond acceptors (Lipinski definition) is 3. The number of ketones is 1. The minimum Gasteiger partial charge on any atom is -0.388 e. The summed E-state index contributed by atoms with van der Waals surface area (Å²) in [7, 11) is 1.83. The second kappa shape index (κ2) is 7.28. The predicted octanol–water partition coefficient (Wildman–Crippen LogP) is 2.53. The molecule has 0 saturated carbocycles. The molecular weight excluding hydrogens is 252 g/mol. The van der Waals surface area contributed by atoms with Crippen molar-refractivity contribution in [3.63, 3.8) is 0 Å². The van der Waals surface area contributed by atoms with Crippen molar-refractivity contribution < 1.29 is 9.59 Å². The highest BCUT2D eigenvalue weighted by Crippen LogP contribution is 2.15. The maximum absolute atomic E-state index is 12.2. The Bertz CT molecular complexity index is 542. The number of nitrogens with one attached hydrogen (secondary N) is 1. The van der Waals surface area contributed by atoms with Crippen molar-refractivity contribution >= 4 is 17.4 Å². The summed E-state index contributed by atoms with van der Waals surface area (Å²) in [6.07, 6.45) is 4.70. The summed E-state index contributed by atoms with van der Waals surface area (Å²) in [5, 5.41) is 3.01. The van der Waals surface area contributed by atoms with E-state index in [0.717, 1.165) is 11.3 Å². The molecule has 0 unspecified atom stereocenters. The number of hydrogen-bond donors (Lipinski definition) is 2. The van der Waals surface area contributed by atoms with Crippen LogP contribution in [0.1, 0.15) is 24.2 Å². The molecule has 0 spiro atoms. The largest absolute Gasteiger partial charge is 0.388 e. The maximum atomic E-state index is 12.2. The summed E-state index contributed by atoms with van der Waals surface area (Å²) in [4.78, 5) is 22.9. The van der Waals surface area contributed by atoms with E-state index in [1.54, 1.807) is 18.2 Å². The van der Waals surface area contributed by atoms with Crippen molar-refractivity contribution in [1.29, 1.82) is 0 Å². The van der Waals surface area contributed by atoms with Crippen LogP contribution in [0.2, 0.25) is 0 Å². The van der Waals surface area contributed by atoms with Crippen molar-refractivity contribution in [2.24, 2.45) is 11.7 Å². The number of nitrogens with two attached hydrogens (primary N) is 1. The zero-order chi connectivity index (χ0) is 15.1. The molecule has 0 radical (unpaired) electrons. The molecule has 1 aromatic carbocycles. The molecule has 1 rings (SSSR count). The summed E-state index contributed by atoms with van der Waals surface area (Å²) >= 11 is 0. The van der Waals surface area contributed by atoms with Crippen molar-refractivity contribution in [1.82, 2.24) is 0 Å². The van der Waals surface area contributed by atoms with E-state index < -0.39 is 5.91 Å². The van der Waals surface area contributed by atoms with Crippen molar-refractivity contribution in [2.45, 2.75) is 13.8 Å². The quantitative estimate of drug-likeness (QED) is 0.475. The lowest BCUT2D eigenvalue weighted by molar-refractivity contribution is -0.113. The molecule has 0 aliphatic carbocycles. The lowest BCUT2D eigenvalue weighted by Crippen LogP contribution is -2.09. The number of Topliss-reactive ketones (excluding diaryl/α,β-unsaturated/α-hetero) is 1. The van der Waals surface area contributed by atoms with Gasteiger partial charge in [0, 0.05) is 30.3 Å². The minimum absolute atomic E-state index is 0.0412. The predicted molar refractivity (Wildman–Crippen MR) is 81.6 cm³/mol. The summed E-state index contributed by atoms with van der Waals surface area (Å²) in [5.41, 5.74) is 7.48. The number of allylic oxidation sites excluding steroid dienone is 3. The van der Waals surface area contributed by atoms with Gasteiger partial charge in [-0.05, 0) is 31.2 Å². The van der Waals surface area contributed by atoms with Gasteiger partial charge in [0.1, 0.15) is 0 Å². The first-order valence-electron chi connectivity index (χ1n) is 6.42. The zero-order valence-corrected chi connectivity index (χ0v) is 12.0. The molecule has 0 aromatic heterocycles. The molecule has 0 aliphatic heterocycles. The average Bonchev–Trinajstić information content (AvgIpc) is 2.44. The monoisotopic (exact) mass is 272 g/mol. The van der Waals surface area contributed by atoms with Crippen LogP contribution < -0.4 is 11.1 Å². The molecule has 20 heavy (non-hydrogen) atoms. The summed E-state index contributed by atoms with van der Waals surface area (Å²) in [6, 6.07) is 7.33. The third-order valence-electron chi connectivity index (χ3n) is 2.90. The van der Waals surface area contributed by atoms with Gasteiger partial charge in [-0.3, -0.25) is 9.59 Å². The van der Waals surface area contributed by atoms with Crippen molar-refractivity contribution in [2.75, 3.05) is 12.4 Å². The van der Waals surface area contributed by atoms with Gasteiger partial charge in [0.2, 0.25) is 5.91 Å². The Hall–Kier alpha value is -2.36. The average molecular weight is 272 g/mol. The molecule has 0 heterocycles. The molecule has 106 valence electrons. The van der Waals surface area contributed by atoms with E-state index in [9.17, 15) is 9.59 Å². The van der Waals surface area contributed by atoms with E-state index in [1.165, 1.54) is 6.08 Å². The summed E-state index contributed by atoms with van der Waals surface area (Å²) in [6.45, 7) is 3.66. The number of primary amides is 1. The van der Waals surface area contributed by atoms with Gasteiger partial charge in [-0.15, -0.1) is 0 Å². The Labute approximate surface area is 119 Å². The molecule has 1 atom stereocenters. The first-order chi connectivity index (χ1) is 9.43. The number of amides is 1. The molecule has 1 aromatic rings. The van der Waals surface area contributed by atoms with Crippen LogP contribution in [-0.4, -0.2) is 18.7 Å². The highest BCUT2D eigenvalue weighted by Gasteiger charge is 2.12. The van der Waals surface area contributed by atoms with Crippen LogP contribution in [0.15, 0.2) is 48.1 Å². The Balaban J connectivity index is 2.80. The van der Waals surface area contributed by atoms with Gasteiger partial charge >= 0.3 is 0 Å². The molecule has 0 saturated heterocycles. The van der Waals surface area contributed by atoms with Crippen molar-refractivity contribution in [3.05, 3.63) is 53.6 Å². The van der Waals surface area contributed by atoms with Gasteiger partial charge in [-0.25, -0.2) is 0 Å². The smallest absolute Gasteiger partial charge is 0.241 e. The van der Waals surface area contributed by atoms with Gasteiger partial charge in [-0.1, -0.05) is 24.6 Å². The lowest BCUT2D eigenvalue weighted by atomic mass is 9.97. The molecule has 0 fully saturated rings. The van der Waals surface area contributed by atoms with E-state index >= 15 is 0 Å². The summed E-state index contributed by atoms with van der Waals surface area (Å²) < 4.78 is 0. The fraction of sp³-hybridized carbons (Fsp3) is 0.250. The third-order valence-corrected chi connectivity index (χ3v) is 2.90. The minimum atomic E-state index is -0.501. The number of rotatable bonds is 6. The molecule has 4 heteroatoms. The fourth-order valence-corrected chi connectivity index (χ4v) is 1.80. The summed E-state index contributed by atoms with van der Waals surface area (Å²) in [5.74, 6) is -0.716. The highest BCUT2D eigenvalue weighted by atomic mass is 16.1. The Morgan fingerprint density at radius 3 is 2.30 bits per heavy atom. The Morgan fingerprint density at radius 2 is 1.80 bits per heavy atom. The highest BCUT2D eigenvalue weighted by molar-refractivity contribution is 5.99. The first kappa shape index (κ1) is 15.7. The normalized spacial score (nSPS) is 13.2. The maximum Gasteiger partial charge on any atom is 0.241 e. The number of carbonyl (C=O) groups is 2. The van der Waals surface area contributed by atoms with Gasteiger partial charge in [-0.2, -0.15) is 0 Å². The fourth-order valence-electron chi connectivity index (χ4n) is 1.80. The van der Waals surface area contributed by atoms with E-state index in [-0.39, 0.29) is 11.7 Å². The van der Waals surface area contributed by atoms with Crippen LogP contribution in [0, 0.1) is 5.92 Å². The van der Waals surface area contributed by atoms with Crippen LogP contribution in [0.25, 0.3) is 0 Å². The van der Waals surface area contributed by atoms with E-state index in [2.05, 4.69) is 5.32 Å². The van der Waals surface area contributed by atoms with Crippen LogP contribution in [0.5, 0.6) is 0 Å². The topological polar surface area (TPSA) is 72.2 Å². The molecule has 4 nitrogen and oxygen atoms in total. The molecular formula is C16H20N2O2. The lowest BCUT2D eigenvalue weighted by Gasteiger charge is -2.07. The van der Waals surface area contributed by atoms with Crippen LogP contribution in [0.4, 0.5) is 5.69 Å². The van der Waals surface area contributed by atoms with E-state index in [1.807, 2.05) is 39.1 Å². The van der Waals surface area contributed by atoms with Crippen LogP contribution in [0.3, 0.4) is 0 Å². The van der Waals surface area contributed by atoms with Gasteiger partial charge < -0.3 is 11.1 Å². The standard InChI is InChI=1S/C16H20N2O2/c1-11(4-9-15(17)19)10-12(2)16(20)13-5-7-14(18-3)8-6-13/h4-10,12,18H,1-3H3,(H2,17,19)/b9-4+,11-10+/t12-/m0/s1. The number of anilines is 1. The van der Waals surface area contributed by atoms with Gasteiger partial charge in [0.25, 0.3) is 0 Å². The molecule has 1 amide bonds. The molecule has 3 N–H and O–H groups in total. The zero-order valence-electron chi connectivity index (χ0n) is 12.0. The van der Waals surface area contributed by atoms with E-state index in [4.69, 9.17) is 5.73 Å². The van der Waals surface area contributed by atoms with Gasteiger partial charge in [0.15, 0.2) is 5.78 Å². The molecule has 0 bridgehead atoms. The van der Waals surface area contributed by atoms with E-state index in [0.29, 0.717) is 5.56 Å². The number of carbonyl (C=O) groups excluding carboxylic acids is 2. The van der Waals surface area contributed by atoms with Crippen LogP contribution in [-0.2, 0) is 4.79 Å². The Morgan fingerprint density at radius 1 is 1.20 bits per heavy atom. The first-order valence-corrected chi connectivity index (χ1v) is 6.42. The molecule has 0 aliphatic rings. The van der Waals surface area contributed by atoms with Crippen molar-refractivity contribution in [3.8, 4) is 0 Å². The van der Waals surface area contributed by atoms with Gasteiger partial charge in [0.05, 0.1) is 0 Å². The second-order valence-corrected chi connectivity index (χ2v) is 4.63. The number of benzene rings is 1. The SMILES string of the molecule is CNc1ccc(C(=O)[C@@H](C)/C=C(C)/C=C/C(N)=O)cc1. The Kier molecular flexibility index (Phi) is 5.72. The third kappa shape index (κ3) is 4.72.